The van der Waals surface area contributed by atoms with Gasteiger partial charge >= 0.3 is 11.9 Å². The van der Waals surface area contributed by atoms with Crippen LogP contribution in [0.25, 0.3) is 17.4 Å². The average Bonchev–Trinajstić information content (AvgIpc) is 3.37. The summed E-state index contributed by atoms with van der Waals surface area (Å²) in [6, 6.07) is 8.11. The maximum atomic E-state index is 11.8. The highest BCUT2D eigenvalue weighted by atomic mass is 35.5. The van der Waals surface area contributed by atoms with Crippen LogP contribution in [0.1, 0.15) is 35.3 Å². The molecule has 0 spiro atoms. The van der Waals surface area contributed by atoms with Crippen LogP contribution in [0.15, 0.2) is 44.8 Å². The Morgan fingerprint density at radius 1 is 1.33 bits per heavy atom. The van der Waals surface area contributed by atoms with E-state index in [1.165, 1.54) is 13.2 Å². The number of halogens is 1. The quantitative estimate of drug-likeness (QED) is 0.290. The number of ether oxygens (including phenoxy) is 1. The zero-order valence-electron chi connectivity index (χ0n) is 16.1. The van der Waals surface area contributed by atoms with Crippen molar-refractivity contribution >= 4 is 41.4 Å². The van der Waals surface area contributed by atoms with E-state index in [9.17, 15) is 14.7 Å². The number of aliphatic carboxylic acids is 1. The smallest absolute Gasteiger partial charge is 0.342 e. The third-order valence-corrected chi connectivity index (χ3v) is 5.17. The van der Waals surface area contributed by atoms with Gasteiger partial charge in [0.25, 0.3) is 0 Å². The Labute approximate surface area is 181 Å². The van der Waals surface area contributed by atoms with Crippen LogP contribution in [0.5, 0.6) is 0 Å². The normalized spacial score (nSPS) is 11.5. The number of aryl methyl sites for hydroxylation is 1. The molecule has 0 amide bonds. The number of aromatic nitrogens is 3. The van der Waals surface area contributed by atoms with Crippen LogP contribution < -0.4 is 0 Å². The molecule has 0 aliphatic carbocycles. The number of carbonyl (C=O) groups excluding carboxylic acids is 1. The van der Waals surface area contributed by atoms with Gasteiger partial charge in [-0.1, -0.05) is 18.5 Å². The van der Waals surface area contributed by atoms with Crippen molar-refractivity contribution in [3.05, 3.63) is 57.4 Å². The lowest BCUT2D eigenvalue weighted by atomic mass is 10.1. The molecule has 0 aliphatic heterocycles. The second-order valence-electron chi connectivity index (χ2n) is 6.12. The highest BCUT2D eigenvalue weighted by Gasteiger charge is 2.16. The Kier molecular flexibility index (Phi) is 6.96. The van der Waals surface area contributed by atoms with E-state index in [-0.39, 0.29) is 15.5 Å². The Morgan fingerprint density at radius 2 is 2.13 bits per heavy atom. The van der Waals surface area contributed by atoms with Gasteiger partial charge in [0, 0.05) is 18.1 Å². The maximum Gasteiger partial charge on any atom is 0.342 e. The van der Waals surface area contributed by atoms with E-state index in [2.05, 4.69) is 15.2 Å². The predicted octanol–water partition coefficient (Wildman–Crippen LogP) is 4.68. The fraction of sp³-hybridized carbons (Fsp3) is 0.200. The molecule has 0 bridgehead atoms. The molecule has 0 radical (unpaired) electrons. The number of esters is 1. The minimum Gasteiger partial charge on any atom is -0.477 e. The van der Waals surface area contributed by atoms with Gasteiger partial charge in [-0.25, -0.2) is 14.6 Å². The fourth-order valence-electron chi connectivity index (χ4n) is 2.56. The molecule has 3 rings (SSSR count). The number of nitrogens with one attached hydrogen (secondary N) is 1. The molecule has 0 saturated heterocycles. The second-order valence-corrected chi connectivity index (χ2v) is 7.54. The number of nitrogens with zero attached hydrogens (tertiary/aromatic N) is 2. The molecule has 2 heterocycles. The molecule has 0 fully saturated rings. The van der Waals surface area contributed by atoms with Crippen molar-refractivity contribution in [3.8, 4) is 11.3 Å². The molecule has 3 aromatic rings. The number of aromatic amines is 1. The molecule has 0 saturated carbocycles. The van der Waals surface area contributed by atoms with Crippen LogP contribution in [0.4, 0.5) is 0 Å². The minimum absolute atomic E-state index is 0.00399. The summed E-state index contributed by atoms with van der Waals surface area (Å²) >= 11 is 6.97. The van der Waals surface area contributed by atoms with E-state index < -0.39 is 11.9 Å². The molecule has 0 unspecified atom stereocenters. The summed E-state index contributed by atoms with van der Waals surface area (Å²) in [4.78, 5) is 27.7. The standard InChI is InChI=1S/C20H18ClN3O5S/c1-3-4-17-22-20(24-23-17)30-16(18(25)26)10-12-6-8-15(29-12)11-5-7-14(21)13(9-11)19(27)28-2/h5-10H,3-4H2,1-2H3,(H,25,26)(H,22,23,24)/b16-10-. The van der Waals surface area contributed by atoms with E-state index in [4.69, 9.17) is 20.8 Å². The first-order chi connectivity index (χ1) is 14.4. The van der Waals surface area contributed by atoms with Gasteiger partial charge in [-0.15, -0.1) is 5.10 Å². The number of carboxylic acids is 1. The SMILES string of the molecule is CCCc1nc(S/C(=C\c2ccc(-c3ccc(Cl)c(C(=O)OC)c3)o2)C(=O)O)n[nH]1. The van der Waals surface area contributed by atoms with Gasteiger partial charge in [-0.3, -0.25) is 5.10 Å². The Bertz CT molecular complexity index is 1110. The number of furan rings is 1. The molecule has 30 heavy (non-hydrogen) atoms. The topological polar surface area (TPSA) is 118 Å². The number of hydrogen-bond acceptors (Lipinski definition) is 7. The van der Waals surface area contributed by atoms with Crippen LogP contribution in [-0.2, 0) is 16.0 Å². The van der Waals surface area contributed by atoms with E-state index in [1.807, 2.05) is 6.92 Å². The summed E-state index contributed by atoms with van der Waals surface area (Å²) in [5, 5.41) is 16.9. The van der Waals surface area contributed by atoms with Gasteiger partial charge < -0.3 is 14.3 Å². The number of carboxylic acid groups (broad SMARTS) is 1. The summed E-state index contributed by atoms with van der Waals surface area (Å²) in [5.41, 5.74) is 0.807. The van der Waals surface area contributed by atoms with Gasteiger partial charge in [0.2, 0.25) is 5.16 Å². The number of hydrogen-bond donors (Lipinski definition) is 2. The molecule has 156 valence electrons. The summed E-state index contributed by atoms with van der Waals surface area (Å²) < 4.78 is 10.5. The maximum absolute atomic E-state index is 11.8. The van der Waals surface area contributed by atoms with Crippen LogP contribution in [-0.4, -0.2) is 39.3 Å². The highest BCUT2D eigenvalue weighted by Crippen LogP contribution is 2.30. The van der Waals surface area contributed by atoms with Crippen LogP contribution in [0.2, 0.25) is 5.02 Å². The first-order valence-electron chi connectivity index (χ1n) is 8.93. The van der Waals surface area contributed by atoms with E-state index in [1.54, 1.807) is 30.3 Å². The zero-order chi connectivity index (χ0) is 21.7. The van der Waals surface area contributed by atoms with Gasteiger partial charge in [0.05, 0.1) is 17.7 Å². The lowest BCUT2D eigenvalue weighted by molar-refractivity contribution is -0.131. The van der Waals surface area contributed by atoms with Crippen molar-refractivity contribution in [2.45, 2.75) is 24.9 Å². The van der Waals surface area contributed by atoms with Gasteiger partial charge in [-0.2, -0.15) is 0 Å². The average molecular weight is 448 g/mol. The number of H-pyrrole nitrogens is 1. The van der Waals surface area contributed by atoms with E-state index >= 15 is 0 Å². The van der Waals surface area contributed by atoms with Crippen molar-refractivity contribution in [3.63, 3.8) is 0 Å². The summed E-state index contributed by atoms with van der Waals surface area (Å²) in [6.45, 7) is 2.02. The summed E-state index contributed by atoms with van der Waals surface area (Å²) in [5.74, 6) is -0.213. The van der Waals surface area contributed by atoms with E-state index in [0.29, 0.717) is 28.1 Å². The Balaban J connectivity index is 1.85. The fourth-order valence-corrected chi connectivity index (χ4v) is 3.47. The molecule has 2 aromatic heterocycles. The van der Waals surface area contributed by atoms with Gasteiger partial charge in [-0.05, 0) is 48.5 Å². The molecule has 0 atom stereocenters. The molecule has 10 heteroatoms. The molecule has 2 N–H and O–H groups in total. The second kappa shape index (κ2) is 9.64. The van der Waals surface area contributed by atoms with Crippen molar-refractivity contribution in [1.82, 2.24) is 15.2 Å². The van der Waals surface area contributed by atoms with Crippen LogP contribution in [0, 0.1) is 0 Å². The number of rotatable bonds is 8. The van der Waals surface area contributed by atoms with Crippen LogP contribution >= 0.6 is 23.4 Å². The van der Waals surface area contributed by atoms with Crippen molar-refractivity contribution in [1.29, 1.82) is 0 Å². The van der Waals surface area contributed by atoms with Crippen LogP contribution in [0.3, 0.4) is 0 Å². The third-order valence-electron chi connectivity index (χ3n) is 3.97. The third kappa shape index (κ3) is 5.11. The molecular formula is C20H18ClN3O5S. The van der Waals surface area contributed by atoms with E-state index in [0.717, 1.165) is 24.6 Å². The lowest BCUT2D eigenvalue weighted by Crippen LogP contribution is -2.02. The summed E-state index contributed by atoms with van der Waals surface area (Å²) in [6.07, 6.45) is 3.03. The largest absolute Gasteiger partial charge is 0.477 e. The first kappa shape index (κ1) is 21.7. The lowest BCUT2D eigenvalue weighted by Gasteiger charge is -2.04. The Hall–Kier alpha value is -3.04. The number of carbonyl (C=O) groups is 2. The first-order valence-corrected chi connectivity index (χ1v) is 10.1. The molecule has 8 nitrogen and oxygen atoms in total. The number of methoxy groups -OCH3 is 1. The van der Waals surface area contributed by atoms with Gasteiger partial charge in [0.15, 0.2) is 0 Å². The molecule has 1 aromatic carbocycles. The number of benzene rings is 1. The zero-order valence-corrected chi connectivity index (χ0v) is 17.7. The summed E-state index contributed by atoms with van der Waals surface area (Å²) in [7, 11) is 1.27. The van der Waals surface area contributed by atoms with Crippen molar-refractivity contribution in [2.24, 2.45) is 0 Å². The monoisotopic (exact) mass is 447 g/mol. The Morgan fingerprint density at radius 3 is 2.83 bits per heavy atom. The molecular weight excluding hydrogens is 430 g/mol. The van der Waals surface area contributed by atoms with Gasteiger partial charge in [0.1, 0.15) is 22.3 Å². The van der Waals surface area contributed by atoms with Crippen molar-refractivity contribution < 1.29 is 23.8 Å². The van der Waals surface area contributed by atoms with Crippen molar-refractivity contribution in [2.75, 3.05) is 7.11 Å². The minimum atomic E-state index is -1.13. The number of thioether (sulfide) groups is 1. The highest BCUT2D eigenvalue weighted by molar-refractivity contribution is 8.04. The predicted molar refractivity (Wildman–Crippen MR) is 112 cm³/mol. The molecule has 0 aliphatic rings.